The highest BCUT2D eigenvalue weighted by Crippen LogP contribution is 2.22. The van der Waals surface area contributed by atoms with Crippen molar-refractivity contribution < 1.29 is 14.8 Å². The lowest BCUT2D eigenvalue weighted by atomic mass is 10.1. The first-order valence-corrected chi connectivity index (χ1v) is 4.84. The van der Waals surface area contributed by atoms with Crippen molar-refractivity contribution in [2.24, 2.45) is 0 Å². The van der Waals surface area contributed by atoms with Crippen molar-refractivity contribution in [2.45, 2.75) is 6.54 Å². The number of carboxylic acid groups (broad SMARTS) is 1. The van der Waals surface area contributed by atoms with E-state index in [-0.39, 0.29) is 12.1 Å². The molecule has 1 rings (SSSR count). The fourth-order valence-corrected chi connectivity index (χ4v) is 1.38. The Morgan fingerprint density at radius 2 is 2.18 bits per heavy atom. The third kappa shape index (κ3) is 3.23. The molecule has 0 radical (unpaired) electrons. The summed E-state index contributed by atoms with van der Waals surface area (Å²) in [4.78, 5) is 21.1. The lowest BCUT2D eigenvalue weighted by Gasteiger charge is -2.13. The highest BCUT2D eigenvalue weighted by molar-refractivity contribution is 5.94. The van der Waals surface area contributed by atoms with Crippen LogP contribution < -0.4 is 5.43 Å². The fourth-order valence-electron chi connectivity index (χ4n) is 1.38. The Bertz CT molecular complexity index is 445. The van der Waals surface area contributed by atoms with Crippen LogP contribution in [-0.2, 0) is 6.54 Å². The molecule has 92 valence electrons. The first-order chi connectivity index (χ1) is 7.93. The van der Waals surface area contributed by atoms with Crippen LogP contribution in [0.4, 0.5) is 5.69 Å². The lowest BCUT2D eigenvalue weighted by Crippen LogP contribution is -2.30. The monoisotopic (exact) mass is 239 g/mol. The molecule has 0 atom stereocenters. The summed E-state index contributed by atoms with van der Waals surface area (Å²) in [5.74, 6) is -1.30. The second-order valence-electron chi connectivity index (χ2n) is 3.60. The number of hydrogen-bond donors (Lipinski definition) is 2. The SMILES string of the molecule is CN(C)NCc1cccc([N+](=O)[O-])c1C(=O)O. The second kappa shape index (κ2) is 5.37. The fraction of sp³-hybridized carbons (Fsp3) is 0.300. The first kappa shape index (κ1) is 13.1. The average Bonchev–Trinajstić information content (AvgIpc) is 2.25. The van der Waals surface area contributed by atoms with Crippen LogP contribution in [0, 0.1) is 10.1 Å². The Labute approximate surface area is 97.8 Å². The van der Waals surface area contributed by atoms with Gasteiger partial charge in [0.1, 0.15) is 5.56 Å². The van der Waals surface area contributed by atoms with Crippen molar-refractivity contribution in [3.05, 3.63) is 39.4 Å². The van der Waals surface area contributed by atoms with Crippen molar-refractivity contribution in [3.63, 3.8) is 0 Å². The van der Waals surface area contributed by atoms with Crippen molar-refractivity contribution in [3.8, 4) is 0 Å². The standard InChI is InChI=1S/C10H13N3O4/c1-12(2)11-6-7-4-3-5-8(13(16)17)9(7)10(14)15/h3-5,11H,6H2,1-2H3,(H,14,15). The van der Waals surface area contributed by atoms with E-state index < -0.39 is 16.6 Å². The molecule has 1 aromatic carbocycles. The molecule has 0 saturated carbocycles. The Morgan fingerprint density at radius 1 is 1.53 bits per heavy atom. The van der Waals surface area contributed by atoms with E-state index in [1.807, 2.05) is 0 Å². The Kier molecular flexibility index (Phi) is 4.13. The number of carboxylic acids is 1. The maximum Gasteiger partial charge on any atom is 0.343 e. The van der Waals surface area contributed by atoms with E-state index >= 15 is 0 Å². The van der Waals surface area contributed by atoms with E-state index in [1.54, 1.807) is 25.2 Å². The zero-order valence-corrected chi connectivity index (χ0v) is 9.51. The topological polar surface area (TPSA) is 95.7 Å². The van der Waals surface area contributed by atoms with Crippen LogP contribution in [-0.4, -0.2) is 35.1 Å². The van der Waals surface area contributed by atoms with Crippen LogP contribution in [0.25, 0.3) is 0 Å². The predicted molar refractivity (Wildman–Crippen MR) is 60.6 cm³/mol. The molecule has 7 nitrogen and oxygen atoms in total. The van der Waals surface area contributed by atoms with Gasteiger partial charge < -0.3 is 5.11 Å². The van der Waals surface area contributed by atoms with Gasteiger partial charge >= 0.3 is 5.97 Å². The van der Waals surface area contributed by atoms with E-state index in [4.69, 9.17) is 5.11 Å². The van der Waals surface area contributed by atoms with Crippen LogP contribution >= 0.6 is 0 Å². The number of carbonyl (C=O) groups is 1. The number of aromatic carboxylic acids is 1. The number of hydrogen-bond acceptors (Lipinski definition) is 5. The maximum absolute atomic E-state index is 11.0. The maximum atomic E-state index is 11.0. The van der Waals surface area contributed by atoms with Crippen LogP contribution in [0.1, 0.15) is 15.9 Å². The third-order valence-electron chi connectivity index (χ3n) is 2.13. The van der Waals surface area contributed by atoms with Gasteiger partial charge in [0.2, 0.25) is 0 Å². The number of rotatable bonds is 5. The van der Waals surface area contributed by atoms with E-state index in [0.717, 1.165) is 0 Å². The molecule has 0 unspecified atom stereocenters. The zero-order chi connectivity index (χ0) is 13.0. The van der Waals surface area contributed by atoms with Gasteiger partial charge in [-0.1, -0.05) is 12.1 Å². The summed E-state index contributed by atoms with van der Waals surface area (Å²) < 4.78 is 0. The average molecular weight is 239 g/mol. The van der Waals surface area contributed by atoms with Gasteiger partial charge in [-0.3, -0.25) is 20.5 Å². The van der Waals surface area contributed by atoms with Crippen LogP contribution in [0.15, 0.2) is 18.2 Å². The Balaban J connectivity index is 3.16. The molecule has 0 amide bonds. The zero-order valence-electron chi connectivity index (χ0n) is 9.51. The summed E-state index contributed by atoms with van der Waals surface area (Å²) in [6, 6.07) is 4.20. The smallest absolute Gasteiger partial charge is 0.343 e. The van der Waals surface area contributed by atoms with E-state index in [9.17, 15) is 14.9 Å². The van der Waals surface area contributed by atoms with Crippen molar-refractivity contribution in [2.75, 3.05) is 14.1 Å². The molecule has 0 aliphatic carbocycles. The molecule has 7 heteroatoms. The van der Waals surface area contributed by atoms with Gasteiger partial charge in [0.15, 0.2) is 0 Å². The third-order valence-corrected chi connectivity index (χ3v) is 2.13. The molecule has 0 aliphatic heterocycles. The molecule has 0 aliphatic rings. The summed E-state index contributed by atoms with van der Waals surface area (Å²) in [5, 5.41) is 21.4. The summed E-state index contributed by atoms with van der Waals surface area (Å²) in [7, 11) is 3.50. The number of nitro benzene ring substituents is 1. The molecule has 17 heavy (non-hydrogen) atoms. The van der Waals surface area contributed by atoms with Crippen molar-refractivity contribution in [1.82, 2.24) is 10.4 Å². The molecular weight excluding hydrogens is 226 g/mol. The minimum atomic E-state index is -1.30. The second-order valence-corrected chi connectivity index (χ2v) is 3.60. The van der Waals surface area contributed by atoms with Gasteiger partial charge in [-0.2, -0.15) is 0 Å². The number of nitrogens with one attached hydrogen (secondary N) is 1. The van der Waals surface area contributed by atoms with E-state index in [1.165, 1.54) is 12.1 Å². The molecule has 1 aromatic rings. The highest BCUT2D eigenvalue weighted by Gasteiger charge is 2.22. The van der Waals surface area contributed by atoms with Crippen LogP contribution in [0.3, 0.4) is 0 Å². The van der Waals surface area contributed by atoms with Gasteiger partial charge in [-0.25, -0.2) is 4.79 Å². The van der Waals surface area contributed by atoms with E-state index in [0.29, 0.717) is 5.56 Å². The number of nitro groups is 1. The summed E-state index contributed by atoms with van der Waals surface area (Å²) in [5.41, 5.74) is 2.58. The Morgan fingerprint density at radius 3 is 2.65 bits per heavy atom. The largest absolute Gasteiger partial charge is 0.477 e. The van der Waals surface area contributed by atoms with Gasteiger partial charge in [0.05, 0.1) is 4.92 Å². The number of benzene rings is 1. The van der Waals surface area contributed by atoms with Crippen LogP contribution in [0.2, 0.25) is 0 Å². The van der Waals surface area contributed by atoms with E-state index in [2.05, 4.69) is 5.43 Å². The molecule has 0 spiro atoms. The minimum absolute atomic E-state index is 0.219. The quantitative estimate of drug-likeness (QED) is 0.584. The molecule has 0 bridgehead atoms. The van der Waals surface area contributed by atoms with Crippen molar-refractivity contribution >= 4 is 11.7 Å². The predicted octanol–water partition coefficient (Wildman–Crippen LogP) is 0.859. The summed E-state index contributed by atoms with van der Waals surface area (Å²) in [6.07, 6.45) is 0. The molecule has 0 fully saturated rings. The molecule has 2 N–H and O–H groups in total. The van der Waals surface area contributed by atoms with Crippen LogP contribution in [0.5, 0.6) is 0 Å². The summed E-state index contributed by atoms with van der Waals surface area (Å²) >= 11 is 0. The minimum Gasteiger partial charge on any atom is -0.477 e. The number of nitrogens with zero attached hydrogens (tertiary/aromatic N) is 2. The first-order valence-electron chi connectivity index (χ1n) is 4.84. The molecule has 0 aromatic heterocycles. The van der Waals surface area contributed by atoms with Crippen molar-refractivity contribution in [1.29, 1.82) is 0 Å². The Hall–Kier alpha value is -1.99. The lowest BCUT2D eigenvalue weighted by molar-refractivity contribution is -0.385. The molecule has 0 saturated heterocycles. The normalized spacial score (nSPS) is 10.5. The van der Waals surface area contributed by atoms with Gasteiger partial charge in [-0.15, -0.1) is 0 Å². The van der Waals surface area contributed by atoms with Gasteiger partial charge in [0, 0.05) is 26.7 Å². The highest BCUT2D eigenvalue weighted by atomic mass is 16.6. The number of hydrazine groups is 1. The van der Waals surface area contributed by atoms with Gasteiger partial charge in [0.25, 0.3) is 5.69 Å². The molecule has 0 heterocycles. The summed E-state index contributed by atoms with van der Waals surface area (Å²) in [6.45, 7) is 0.219. The van der Waals surface area contributed by atoms with Gasteiger partial charge in [-0.05, 0) is 5.56 Å². The molecular formula is C10H13N3O4.